The van der Waals surface area contributed by atoms with E-state index in [0.29, 0.717) is 39.7 Å². The second kappa shape index (κ2) is 10.1. The molecule has 6 nitrogen and oxygen atoms in total. The number of rotatable bonds is 9. The third-order valence-corrected chi connectivity index (χ3v) is 8.07. The molecule has 1 amide bonds. The molecule has 4 aromatic rings. The molecule has 33 heavy (non-hydrogen) atoms. The van der Waals surface area contributed by atoms with Crippen LogP contribution in [-0.2, 0) is 21.2 Å². The van der Waals surface area contributed by atoms with Gasteiger partial charge in [0.15, 0.2) is 15.0 Å². The molecule has 0 unspecified atom stereocenters. The largest absolute Gasteiger partial charge is 0.467 e. The van der Waals surface area contributed by atoms with E-state index < -0.39 is 9.84 Å². The van der Waals surface area contributed by atoms with Crippen LogP contribution >= 0.6 is 23.1 Å². The number of aromatic nitrogens is 1. The smallest absolute Gasteiger partial charge is 0.229 e. The van der Waals surface area contributed by atoms with Crippen LogP contribution in [0.3, 0.4) is 0 Å². The van der Waals surface area contributed by atoms with Gasteiger partial charge < -0.3 is 4.42 Å². The van der Waals surface area contributed by atoms with Crippen LogP contribution in [0.4, 0.5) is 9.52 Å². The van der Waals surface area contributed by atoms with Crippen molar-refractivity contribution in [1.82, 2.24) is 4.98 Å². The zero-order valence-electron chi connectivity index (χ0n) is 17.7. The number of amides is 1. The first kappa shape index (κ1) is 23.5. The Hall–Kier alpha value is -2.69. The van der Waals surface area contributed by atoms with Gasteiger partial charge in [-0.1, -0.05) is 11.3 Å². The number of fused-ring (bicyclic) bond motifs is 1. The summed E-state index contributed by atoms with van der Waals surface area (Å²) in [5, 5.41) is 0.489. The Morgan fingerprint density at radius 3 is 2.67 bits per heavy atom. The Labute approximate surface area is 199 Å². The van der Waals surface area contributed by atoms with E-state index in [0.717, 1.165) is 11.2 Å². The summed E-state index contributed by atoms with van der Waals surface area (Å²) >= 11 is 2.84. The number of benzene rings is 2. The van der Waals surface area contributed by atoms with Gasteiger partial charge in [-0.15, -0.1) is 11.8 Å². The minimum atomic E-state index is -3.34. The van der Waals surface area contributed by atoms with Gasteiger partial charge in [-0.05, 0) is 66.8 Å². The van der Waals surface area contributed by atoms with Crippen LogP contribution in [-0.4, -0.2) is 31.3 Å². The molecule has 0 N–H and O–H groups in total. The first-order chi connectivity index (χ1) is 15.8. The van der Waals surface area contributed by atoms with Gasteiger partial charge in [0.1, 0.15) is 11.6 Å². The number of halogens is 1. The van der Waals surface area contributed by atoms with Gasteiger partial charge >= 0.3 is 0 Å². The summed E-state index contributed by atoms with van der Waals surface area (Å²) in [4.78, 5) is 20.4. The minimum absolute atomic E-state index is 0.103. The van der Waals surface area contributed by atoms with E-state index in [9.17, 15) is 17.6 Å². The number of anilines is 1. The lowest BCUT2D eigenvalue weighted by molar-refractivity contribution is -0.118. The van der Waals surface area contributed by atoms with Gasteiger partial charge in [-0.2, -0.15) is 0 Å². The molecule has 4 rings (SSSR count). The molecule has 0 saturated carbocycles. The Kier molecular flexibility index (Phi) is 7.16. The molecule has 2 aromatic carbocycles. The number of nitrogens with zero attached hydrogens (tertiary/aromatic N) is 2. The maximum atomic E-state index is 13.1. The number of furan rings is 1. The number of sulfone groups is 1. The Bertz CT molecular complexity index is 1350. The Balaban J connectivity index is 1.49. The van der Waals surface area contributed by atoms with E-state index in [4.69, 9.17) is 4.42 Å². The SMILES string of the molecule is CS(=O)(=O)c1ccc2nc(N(Cc3ccco3)C(=O)CCCSc3ccc(F)cc3)sc2c1. The van der Waals surface area contributed by atoms with Crippen molar-refractivity contribution in [3.05, 3.63) is 72.4 Å². The van der Waals surface area contributed by atoms with Crippen molar-refractivity contribution in [1.29, 1.82) is 0 Å². The lowest BCUT2D eigenvalue weighted by Gasteiger charge is -2.18. The van der Waals surface area contributed by atoms with Crippen molar-refractivity contribution in [3.63, 3.8) is 0 Å². The van der Waals surface area contributed by atoms with Gasteiger partial charge in [-0.25, -0.2) is 17.8 Å². The normalized spacial score (nSPS) is 11.7. The molecule has 0 aliphatic carbocycles. The molecule has 172 valence electrons. The highest BCUT2D eigenvalue weighted by molar-refractivity contribution is 7.99. The maximum absolute atomic E-state index is 13.1. The second-order valence-electron chi connectivity index (χ2n) is 7.36. The van der Waals surface area contributed by atoms with Crippen LogP contribution in [0, 0.1) is 5.82 Å². The lowest BCUT2D eigenvalue weighted by Crippen LogP contribution is -2.30. The van der Waals surface area contributed by atoms with Crippen LogP contribution in [0.25, 0.3) is 10.2 Å². The molecule has 10 heteroatoms. The summed E-state index contributed by atoms with van der Waals surface area (Å²) in [6.45, 7) is 0.232. The van der Waals surface area contributed by atoms with Crippen LogP contribution in [0.1, 0.15) is 18.6 Å². The first-order valence-electron chi connectivity index (χ1n) is 10.1. The van der Waals surface area contributed by atoms with Crippen LogP contribution in [0.2, 0.25) is 0 Å². The summed E-state index contributed by atoms with van der Waals surface area (Å²) < 4.78 is 42.9. The third-order valence-electron chi connectivity index (χ3n) is 4.82. The van der Waals surface area contributed by atoms with Gasteiger partial charge in [0, 0.05) is 17.6 Å². The van der Waals surface area contributed by atoms with E-state index in [1.165, 1.54) is 29.5 Å². The average molecular weight is 505 g/mol. The summed E-state index contributed by atoms with van der Waals surface area (Å²) in [7, 11) is -3.34. The standard InChI is InChI=1S/C23H21FN2O4S3/c1-33(28,29)19-10-11-20-21(14-19)32-23(25-20)26(15-17-4-2-12-30-17)22(27)5-3-13-31-18-8-6-16(24)7-9-18/h2,4,6-12,14H,3,5,13,15H2,1H3. The maximum Gasteiger partial charge on any atom is 0.229 e. The number of carbonyl (C=O) groups excluding carboxylic acids is 1. The average Bonchev–Trinajstić information content (AvgIpc) is 3.44. The van der Waals surface area contributed by atoms with Gasteiger partial charge in [-0.3, -0.25) is 9.69 Å². The van der Waals surface area contributed by atoms with E-state index >= 15 is 0 Å². The number of hydrogen-bond donors (Lipinski definition) is 0. The predicted molar refractivity (Wildman–Crippen MR) is 129 cm³/mol. The zero-order valence-corrected chi connectivity index (χ0v) is 20.2. The molecule has 0 bridgehead atoms. The zero-order chi connectivity index (χ0) is 23.4. The quantitative estimate of drug-likeness (QED) is 0.220. The minimum Gasteiger partial charge on any atom is -0.467 e. The fraction of sp³-hybridized carbons (Fsp3) is 0.217. The van der Waals surface area contributed by atoms with Gasteiger partial charge in [0.25, 0.3) is 0 Å². The lowest BCUT2D eigenvalue weighted by atomic mass is 10.3. The van der Waals surface area contributed by atoms with Crippen molar-refractivity contribution in [3.8, 4) is 0 Å². The summed E-state index contributed by atoms with van der Waals surface area (Å²) in [6, 6.07) is 14.6. The number of hydrogen-bond acceptors (Lipinski definition) is 7. The molecule has 2 heterocycles. The van der Waals surface area contributed by atoms with Gasteiger partial charge in [0.05, 0.1) is 27.9 Å². The van der Waals surface area contributed by atoms with Crippen molar-refractivity contribution in [2.45, 2.75) is 29.2 Å². The fourth-order valence-electron chi connectivity index (χ4n) is 3.14. The summed E-state index contributed by atoms with van der Waals surface area (Å²) in [5.74, 6) is 0.958. The van der Waals surface area contributed by atoms with Crippen molar-refractivity contribution in [2.24, 2.45) is 0 Å². The molecular formula is C23H21FN2O4S3. The molecule has 0 spiro atoms. The van der Waals surface area contributed by atoms with Crippen LogP contribution < -0.4 is 4.90 Å². The highest BCUT2D eigenvalue weighted by atomic mass is 32.2. The van der Waals surface area contributed by atoms with E-state index in [1.54, 1.807) is 59.3 Å². The van der Waals surface area contributed by atoms with E-state index in [2.05, 4.69) is 4.98 Å². The highest BCUT2D eigenvalue weighted by Gasteiger charge is 2.21. The molecule has 0 atom stereocenters. The number of thioether (sulfide) groups is 1. The first-order valence-corrected chi connectivity index (χ1v) is 13.8. The highest BCUT2D eigenvalue weighted by Crippen LogP contribution is 2.32. The van der Waals surface area contributed by atoms with Crippen molar-refractivity contribution < 1.29 is 22.0 Å². The monoisotopic (exact) mass is 504 g/mol. The summed E-state index contributed by atoms with van der Waals surface area (Å²) in [5.41, 5.74) is 0.631. The molecule has 2 aromatic heterocycles. The summed E-state index contributed by atoms with van der Waals surface area (Å²) in [6.07, 6.45) is 3.65. The van der Waals surface area contributed by atoms with Gasteiger partial charge in [0.2, 0.25) is 5.91 Å². The van der Waals surface area contributed by atoms with E-state index in [1.807, 2.05) is 0 Å². The Morgan fingerprint density at radius 1 is 1.18 bits per heavy atom. The second-order valence-corrected chi connectivity index (χ2v) is 11.6. The molecule has 0 aliphatic heterocycles. The molecule has 0 radical (unpaired) electrons. The third kappa shape index (κ3) is 6.01. The van der Waals surface area contributed by atoms with Crippen LogP contribution in [0.5, 0.6) is 0 Å². The fourth-order valence-corrected chi connectivity index (χ4v) is 5.73. The number of carbonyl (C=O) groups is 1. The predicted octanol–water partition coefficient (Wildman–Crippen LogP) is 5.54. The topological polar surface area (TPSA) is 80.5 Å². The van der Waals surface area contributed by atoms with E-state index in [-0.39, 0.29) is 23.2 Å². The van der Waals surface area contributed by atoms with Crippen LogP contribution in [0.15, 0.2) is 75.1 Å². The molecular weight excluding hydrogens is 483 g/mol. The molecule has 0 fully saturated rings. The molecule has 0 aliphatic rings. The van der Waals surface area contributed by atoms with Crippen molar-refractivity contribution in [2.75, 3.05) is 16.9 Å². The Morgan fingerprint density at radius 2 is 1.97 bits per heavy atom. The molecule has 0 saturated heterocycles. The van der Waals surface area contributed by atoms with Crippen molar-refractivity contribution >= 4 is 54.2 Å². The number of thiazole rings is 1.